The van der Waals surface area contributed by atoms with E-state index in [-0.39, 0.29) is 46.1 Å². The maximum Gasteiger partial charge on any atom is 0.264 e. The average molecular weight is 649 g/mol. The Labute approximate surface area is 276 Å². The van der Waals surface area contributed by atoms with Crippen molar-refractivity contribution < 1.29 is 23.1 Å². The number of carbonyl (C=O) groups is 2. The molecule has 1 fully saturated rings. The molecule has 1 saturated heterocycles. The smallest absolute Gasteiger partial charge is 0.264 e. The number of alkyl halides is 2. The van der Waals surface area contributed by atoms with Gasteiger partial charge < -0.3 is 19.5 Å². The van der Waals surface area contributed by atoms with Gasteiger partial charge in [-0.2, -0.15) is 5.26 Å². The number of nitrogens with one attached hydrogen (secondary N) is 2. The van der Waals surface area contributed by atoms with Crippen LogP contribution < -0.4 is 10.6 Å². The summed E-state index contributed by atoms with van der Waals surface area (Å²) in [6.07, 6.45) is 0.296. The summed E-state index contributed by atoms with van der Waals surface area (Å²) in [7, 11) is 0. The Balaban J connectivity index is 1.68. The second-order valence-electron chi connectivity index (χ2n) is 13.7. The predicted molar refractivity (Wildman–Crippen MR) is 179 cm³/mol. The quantitative estimate of drug-likeness (QED) is 0.162. The van der Waals surface area contributed by atoms with Crippen LogP contribution in [0.5, 0.6) is 0 Å². The molecule has 1 aliphatic heterocycles. The van der Waals surface area contributed by atoms with Crippen molar-refractivity contribution in [1.29, 1.82) is 5.26 Å². The molecule has 0 unspecified atom stereocenters. The molecule has 252 valence electrons. The van der Waals surface area contributed by atoms with E-state index >= 15 is 0 Å². The van der Waals surface area contributed by atoms with Gasteiger partial charge in [0.2, 0.25) is 5.95 Å². The Morgan fingerprint density at radius 1 is 1.17 bits per heavy atom. The Hall–Kier alpha value is -4.14. The topological polar surface area (TPSA) is 112 Å². The number of ether oxygens (including phenoxy) is 1. The largest absolute Gasteiger partial charge is 0.372 e. The lowest BCUT2D eigenvalue weighted by Gasteiger charge is -2.28. The molecule has 2 amide bonds. The molecule has 1 aromatic heterocycles. The highest BCUT2D eigenvalue weighted by molar-refractivity contribution is 6.04. The molecular weight excluding hydrogens is 602 g/mol. The van der Waals surface area contributed by atoms with Gasteiger partial charge in [-0.05, 0) is 81.9 Å². The van der Waals surface area contributed by atoms with Crippen LogP contribution in [0.25, 0.3) is 11.0 Å². The molecule has 2 N–H and O–H groups in total. The molecule has 47 heavy (non-hydrogen) atoms. The second kappa shape index (κ2) is 14.7. The average Bonchev–Trinajstić information content (AvgIpc) is 3.62. The molecule has 2 heterocycles. The van der Waals surface area contributed by atoms with Crippen molar-refractivity contribution in [3.63, 3.8) is 0 Å². The number of rotatable bonds is 12. The van der Waals surface area contributed by atoms with E-state index in [1.807, 2.05) is 29.7 Å². The van der Waals surface area contributed by atoms with Gasteiger partial charge in [-0.1, -0.05) is 39.0 Å². The van der Waals surface area contributed by atoms with Crippen LogP contribution in [0.1, 0.15) is 89.2 Å². The van der Waals surface area contributed by atoms with E-state index in [4.69, 9.17) is 9.72 Å². The third-order valence-corrected chi connectivity index (χ3v) is 8.74. The number of nitrogens with zero attached hydrogens (tertiary/aromatic N) is 4. The molecule has 0 bridgehead atoms. The minimum Gasteiger partial charge on any atom is -0.372 e. The van der Waals surface area contributed by atoms with E-state index in [9.17, 15) is 23.6 Å². The monoisotopic (exact) mass is 648 g/mol. The van der Waals surface area contributed by atoms with E-state index in [0.29, 0.717) is 38.2 Å². The number of hydrogen-bond acceptors (Lipinski definition) is 6. The third kappa shape index (κ3) is 8.82. The SMILES string of the molecule is CCOC(C)(C)C=C(C#N)C(=O)N1CCC[C@@H]1Cn1c(NC(=O)c2cccc(C(F)F)c2)nc2cc(CN[C@@H](C)C(C)(C)C)ccc21. The zero-order valence-corrected chi connectivity index (χ0v) is 28.4. The first kappa shape index (κ1) is 35.7. The van der Waals surface area contributed by atoms with E-state index in [0.717, 1.165) is 17.5 Å². The number of likely N-dealkylation sites (tertiary alicyclic amines) is 1. The van der Waals surface area contributed by atoms with Crippen molar-refractivity contribution in [2.45, 2.75) is 98.5 Å². The summed E-state index contributed by atoms with van der Waals surface area (Å²) >= 11 is 0. The normalized spacial score (nSPS) is 16.5. The number of imidazole rings is 1. The van der Waals surface area contributed by atoms with Gasteiger partial charge in [-0.15, -0.1) is 0 Å². The summed E-state index contributed by atoms with van der Waals surface area (Å²) in [5.41, 5.74) is 1.55. The number of carbonyl (C=O) groups excluding carboxylic acids is 2. The molecule has 0 spiro atoms. The standard InChI is InChI=1S/C36H46F2N6O3/c1-8-47-36(6,7)19-27(20-39)33(46)43-16-10-13-28(43)22-44-30-15-14-24(21-40-23(2)35(3,4)5)17-29(30)41-34(44)42-32(45)26-12-9-11-25(18-26)31(37)38/h9,11-12,14-15,17-19,23,28,31,40H,8,10,13,16,21-22H2,1-7H3,(H,41,42,45)/t23-,28+/m0/s1. The summed E-state index contributed by atoms with van der Waals surface area (Å²) in [5, 5.41) is 16.3. The highest BCUT2D eigenvalue weighted by atomic mass is 19.3. The fourth-order valence-corrected chi connectivity index (χ4v) is 5.69. The van der Waals surface area contributed by atoms with Crippen LogP contribution in [0.2, 0.25) is 0 Å². The highest BCUT2D eigenvalue weighted by Gasteiger charge is 2.33. The first-order chi connectivity index (χ1) is 22.1. The van der Waals surface area contributed by atoms with Gasteiger partial charge in [0.05, 0.1) is 22.7 Å². The lowest BCUT2D eigenvalue weighted by molar-refractivity contribution is -0.127. The van der Waals surface area contributed by atoms with Gasteiger partial charge in [-0.3, -0.25) is 14.9 Å². The molecule has 0 saturated carbocycles. The highest BCUT2D eigenvalue weighted by Crippen LogP contribution is 2.29. The molecule has 2 aromatic carbocycles. The first-order valence-electron chi connectivity index (χ1n) is 16.1. The fourth-order valence-electron chi connectivity index (χ4n) is 5.69. The van der Waals surface area contributed by atoms with Crippen molar-refractivity contribution in [1.82, 2.24) is 19.8 Å². The zero-order chi connectivity index (χ0) is 34.5. The first-order valence-corrected chi connectivity index (χ1v) is 16.1. The maximum absolute atomic E-state index is 13.7. The van der Waals surface area contributed by atoms with Crippen molar-refractivity contribution in [2.75, 3.05) is 18.5 Å². The zero-order valence-electron chi connectivity index (χ0n) is 28.4. The predicted octanol–water partition coefficient (Wildman–Crippen LogP) is 7.01. The van der Waals surface area contributed by atoms with E-state index in [2.05, 4.69) is 44.4 Å². The van der Waals surface area contributed by atoms with Gasteiger partial charge in [0.15, 0.2) is 0 Å². The Morgan fingerprint density at radius 3 is 2.57 bits per heavy atom. The molecule has 4 rings (SSSR count). The molecule has 2 atom stereocenters. The van der Waals surface area contributed by atoms with Crippen LogP contribution in [0.4, 0.5) is 14.7 Å². The summed E-state index contributed by atoms with van der Waals surface area (Å²) in [6.45, 7) is 16.0. The molecular formula is C36H46F2N6O3. The maximum atomic E-state index is 13.7. The van der Waals surface area contributed by atoms with Crippen LogP contribution >= 0.6 is 0 Å². The van der Waals surface area contributed by atoms with Crippen molar-refractivity contribution >= 4 is 28.8 Å². The fraction of sp³-hybridized carbons (Fsp3) is 0.500. The van der Waals surface area contributed by atoms with Crippen molar-refractivity contribution in [3.05, 3.63) is 70.8 Å². The number of nitriles is 1. The second-order valence-corrected chi connectivity index (χ2v) is 13.7. The summed E-state index contributed by atoms with van der Waals surface area (Å²) in [5.74, 6) is -0.700. The number of anilines is 1. The van der Waals surface area contributed by atoms with Gasteiger partial charge in [0, 0.05) is 43.4 Å². The number of amides is 2. The van der Waals surface area contributed by atoms with Crippen LogP contribution in [0, 0.1) is 16.7 Å². The lowest BCUT2D eigenvalue weighted by atomic mass is 9.88. The van der Waals surface area contributed by atoms with Crippen LogP contribution in [-0.2, 0) is 22.6 Å². The van der Waals surface area contributed by atoms with Gasteiger partial charge >= 0.3 is 0 Å². The van der Waals surface area contributed by atoms with Crippen molar-refractivity contribution in [2.24, 2.45) is 5.41 Å². The molecule has 1 aliphatic rings. The molecule has 9 nitrogen and oxygen atoms in total. The van der Waals surface area contributed by atoms with Crippen LogP contribution in [0.3, 0.4) is 0 Å². The summed E-state index contributed by atoms with van der Waals surface area (Å²) in [6, 6.07) is 13.3. The summed E-state index contributed by atoms with van der Waals surface area (Å²) < 4.78 is 34.3. The number of aromatic nitrogens is 2. The van der Waals surface area contributed by atoms with Crippen LogP contribution in [-0.4, -0.2) is 57.1 Å². The molecule has 0 aliphatic carbocycles. The number of hydrogen-bond donors (Lipinski definition) is 2. The van der Waals surface area contributed by atoms with E-state index in [1.165, 1.54) is 24.3 Å². The number of halogens is 2. The van der Waals surface area contributed by atoms with E-state index < -0.39 is 17.9 Å². The molecule has 3 aromatic rings. The van der Waals surface area contributed by atoms with E-state index in [1.54, 1.807) is 24.8 Å². The van der Waals surface area contributed by atoms with Crippen LogP contribution in [0.15, 0.2) is 54.1 Å². The third-order valence-electron chi connectivity index (χ3n) is 8.74. The van der Waals surface area contributed by atoms with Gasteiger partial charge in [-0.25, -0.2) is 13.8 Å². The van der Waals surface area contributed by atoms with Gasteiger partial charge in [0.1, 0.15) is 11.6 Å². The minimum absolute atomic E-state index is 0.0138. The van der Waals surface area contributed by atoms with Gasteiger partial charge in [0.25, 0.3) is 18.2 Å². The lowest BCUT2D eigenvalue weighted by Crippen LogP contribution is -2.39. The minimum atomic E-state index is -2.71. The Bertz CT molecular complexity index is 1670. The number of fused-ring (bicyclic) bond motifs is 1. The summed E-state index contributed by atoms with van der Waals surface area (Å²) in [4.78, 5) is 33.5. The molecule has 11 heteroatoms. The Kier molecular flexibility index (Phi) is 11.2. The number of benzene rings is 2. The van der Waals surface area contributed by atoms with Crippen molar-refractivity contribution in [3.8, 4) is 6.07 Å². The molecule has 0 radical (unpaired) electrons. The Morgan fingerprint density at radius 2 is 1.91 bits per heavy atom.